The lowest BCUT2D eigenvalue weighted by Gasteiger charge is -2.16. The molecule has 1 aromatic heterocycles. The Morgan fingerprint density at radius 1 is 1.23 bits per heavy atom. The first-order valence-electron chi connectivity index (χ1n) is 7.24. The summed E-state index contributed by atoms with van der Waals surface area (Å²) in [6.07, 6.45) is -2.70. The largest absolute Gasteiger partial charge is 0.416 e. The van der Waals surface area contributed by atoms with Gasteiger partial charge >= 0.3 is 6.18 Å². The summed E-state index contributed by atoms with van der Waals surface area (Å²) < 4.78 is 40.1. The van der Waals surface area contributed by atoms with E-state index in [0.29, 0.717) is 11.4 Å². The number of rotatable bonds is 5. The number of nitrogens with zero attached hydrogens (tertiary/aromatic N) is 3. The maximum atomic E-state index is 12.9. The predicted molar refractivity (Wildman–Crippen MR) is 77.6 cm³/mol. The van der Waals surface area contributed by atoms with Gasteiger partial charge in [-0.05, 0) is 31.0 Å². The van der Waals surface area contributed by atoms with E-state index >= 15 is 0 Å². The molecule has 0 saturated heterocycles. The first-order valence-corrected chi connectivity index (χ1v) is 7.24. The van der Waals surface area contributed by atoms with Gasteiger partial charge in [-0.25, -0.2) is 4.68 Å². The van der Waals surface area contributed by atoms with Gasteiger partial charge < -0.3 is 5.73 Å². The molecule has 2 rings (SSSR count). The van der Waals surface area contributed by atoms with Crippen LogP contribution in [0.1, 0.15) is 49.6 Å². The minimum atomic E-state index is -4.39. The van der Waals surface area contributed by atoms with Crippen LogP contribution >= 0.6 is 0 Å². The van der Waals surface area contributed by atoms with E-state index in [1.54, 1.807) is 6.07 Å². The average Bonchev–Trinajstić information content (AvgIpc) is 2.92. The van der Waals surface area contributed by atoms with Crippen molar-refractivity contribution >= 4 is 0 Å². The highest BCUT2D eigenvalue weighted by Crippen LogP contribution is 2.32. The summed E-state index contributed by atoms with van der Waals surface area (Å²) in [5, 5.41) is 8.04. The monoisotopic (exact) mass is 312 g/mol. The number of alkyl halides is 3. The van der Waals surface area contributed by atoms with Crippen molar-refractivity contribution in [3.05, 3.63) is 41.2 Å². The van der Waals surface area contributed by atoms with Crippen molar-refractivity contribution in [2.24, 2.45) is 5.73 Å². The molecular weight excluding hydrogens is 293 g/mol. The van der Waals surface area contributed by atoms with Gasteiger partial charge in [-0.15, -0.1) is 5.10 Å². The zero-order chi connectivity index (χ0) is 16.3. The van der Waals surface area contributed by atoms with Gasteiger partial charge in [0.2, 0.25) is 0 Å². The molecule has 7 heteroatoms. The SMILES string of the molecule is CCC(CC)c1c(CN)nnn1-c1cccc(C(F)(F)F)c1. The molecule has 1 aromatic carbocycles. The van der Waals surface area contributed by atoms with Crippen molar-refractivity contribution in [1.82, 2.24) is 15.0 Å². The van der Waals surface area contributed by atoms with Crippen LogP contribution in [0.25, 0.3) is 5.69 Å². The molecule has 0 spiro atoms. The number of halogens is 3. The zero-order valence-electron chi connectivity index (χ0n) is 12.6. The molecule has 22 heavy (non-hydrogen) atoms. The van der Waals surface area contributed by atoms with Gasteiger partial charge in [-0.1, -0.05) is 25.1 Å². The van der Waals surface area contributed by atoms with Crippen LogP contribution in [0.5, 0.6) is 0 Å². The Morgan fingerprint density at radius 3 is 2.45 bits per heavy atom. The standard InChI is InChI=1S/C15H19F3N4/c1-3-10(4-2)14-13(9-19)20-21-22(14)12-7-5-6-11(8-12)15(16,17)18/h5-8,10H,3-4,9,19H2,1-2H3. The molecular formula is C15H19F3N4. The van der Waals surface area contributed by atoms with Crippen LogP contribution in [0.4, 0.5) is 13.2 Å². The van der Waals surface area contributed by atoms with E-state index in [-0.39, 0.29) is 12.5 Å². The molecule has 1 heterocycles. The van der Waals surface area contributed by atoms with Crippen LogP contribution < -0.4 is 5.73 Å². The van der Waals surface area contributed by atoms with Gasteiger partial charge in [0.25, 0.3) is 0 Å². The fourth-order valence-corrected chi connectivity index (χ4v) is 2.55. The summed E-state index contributed by atoms with van der Waals surface area (Å²) in [4.78, 5) is 0. The second-order valence-corrected chi connectivity index (χ2v) is 5.10. The molecule has 0 aliphatic carbocycles. The lowest BCUT2D eigenvalue weighted by atomic mass is 9.97. The molecule has 0 saturated carbocycles. The van der Waals surface area contributed by atoms with Gasteiger partial charge in [-0.3, -0.25) is 0 Å². The molecule has 0 amide bonds. The van der Waals surface area contributed by atoms with E-state index in [1.165, 1.54) is 10.7 Å². The third kappa shape index (κ3) is 3.14. The van der Waals surface area contributed by atoms with Gasteiger partial charge in [-0.2, -0.15) is 13.2 Å². The summed E-state index contributed by atoms with van der Waals surface area (Å²) in [5.74, 6) is 0.156. The third-order valence-electron chi connectivity index (χ3n) is 3.76. The zero-order valence-corrected chi connectivity index (χ0v) is 12.6. The van der Waals surface area contributed by atoms with E-state index in [9.17, 15) is 13.2 Å². The Morgan fingerprint density at radius 2 is 1.91 bits per heavy atom. The third-order valence-corrected chi connectivity index (χ3v) is 3.76. The molecule has 0 unspecified atom stereocenters. The van der Waals surface area contributed by atoms with E-state index in [2.05, 4.69) is 10.3 Å². The number of nitrogens with two attached hydrogens (primary N) is 1. The Kier molecular flexibility index (Phi) is 4.85. The lowest BCUT2D eigenvalue weighted by Crippen LogP contribution is -2.12. The first kappa shape index (κ1) is 16.5. The van der Waals surface area contributed by atoms with Crippen molar-refractivity contribution in [2.75, 3.05) is 0 Å². The second-order valence-electron chi connectivity index (χ2n) is 5.10. The summed E-state index contributed by atoms with van der Waals surface area (Å²) in [6.45, 7) is 4.26. The Balaban J connectivity index is 2.56. The van der Waals surface area contributed by atoms with Crippen LogP contribution in [-0.2, 0) is 12.7 Å². The van der Waals surface area contributed by atoms with Crippen LogP contribution in [0.2, 0.25) is 0 Å². The smallest absolute Gasteiger partial charge is 0.325 e. The number of benzene rings is 1. The molecule has 4 nitrogen and oxygen atoms in total. The Labute approximate surface area is 127 Å². The van der Waals surface area contributed by atoms with Crippen LogP contribution in [0, 0.1) is 0 Å². The molecule has 0 bridgehead atoms. The molecule has 0 atom stereocenters. The molecule has 0 radical (unpaired) electrons. The van der Waals surface area contributed by atoms with Gasteiger partial charge in [0.15, 0.2) is 0 Å². The van der Waals surface area contributed by atoms with Gasteiger partial charge in [0.05, 0.1) is 16.9 Å². The van der Waals surface area contributed by atoms with Crippen LogP contribution in [0.15, 0.2) is 24.3 Å². The molecule has 120 valence electrons. The van der Waals surface area contributed by atoms with E-state index in [4.69, 9.17) is 5.73 Å². The van der Waals surface area contributed by atoms with Crippen molar-refractivity contribution in [3.8, 4) is 5.69 Å². The molecule has 2 N–H and O–H groups in total. The summed E-state index contributed by atoms with van der Waals surface area (Å²) in [6, 6.07) is 5.09. The summed E-state index contributed by atoms with van der Waals surface area (Å²) >= 11 is 0. The average molecular weight is 312 g/mol. The summed E-state index contributed by atoms with van der Waals surface area (Å²) in [5.41, 5.74) is 6.77. The number of hydrogen-bond acceptors (Lipinski definition) is 3. The first-order chi connectivity index (χ1) is 10.4. The summed E-state index contributed by atoms with van der Waals surface area (Å²) in [7, 11) is 0. The molecule has 0 aliphatic heterocycles. The Hall–Kier alpha value is -1.89. The highest BCUT2D eigenvalue weighted by atomic mass is 19.4. The van der Waals surface area contributed by atoms with E-state index < -0.39 is 11.7 Å². The fraction of sp³-hybridized carbons (Fsp3) is 0.467. The van der Waals surface area contributed by atoms with Crippen LogP contribution in [0.3, 0.4) is 0 Å². The quantitative estimate of drug-likeness (QED) is 0.917. The molecule has 2 aromatic rings. The topological polar surface area (TPSA) is 56.7 Å². The van der Waals surface area contributed by atoms with Crippen molar-refractivity contribution in [1.29, 1.82) is 0 Å². The van der Waals surface area contributed by atoms with Crippen LogP contribution in [-0.4, -0.2) is 15.0 Å². The highest BCUT2D eigenvalue weighted by Gasteiger charge is 2.31. The van der Waals surface area contributed by atoms with Gasteiger partial charge in [0, 0.05) is 12.5 Å². The maximum absolute atomic E-state index is 12.9. The number of aromatic nitrogens is 3. The van der Waals surface area contributed by atoms with Crippen molar-refractivity contribution in [2.45, 2.75) is 45.3 Å². The van der Waals surface area contributed by atoms with Crippen molar-refractivity contribution < 1.29 is 13.2 Å². The molecule has 0 aliphatic rings. The molecule has 0 fully saturated rings. The predicted octanol–water partition coefficient (Wildman–Crippen LogP) is 3.65. The number of hydrogen-bond donors (Lipinski definition) is 1. The second kappa shape index (κ2) is 6.48. The normalized spacial score (nSPS) is 12.1. The minimum Gasteiger partial charge on any atom is -0.325 e. The minimum absolute atomic E-state index is 0.156. The lowest BCUT2D eigenvalue weighted by molar-refractivity contribution is -0.137. The van der Waals surface area contributed by atoms with Crippen molar-refractivity contribution in [3.63, 3.8) is 0 Å². The fourth-order valence-electron chi connectivity index (χ4n) is 2.55. The maximum Gasteiger partial charge on any atom is 0.416 e. The Bertz CT molecular complexity index is 630. The van der Waals surface area contributed by atoms with Gasteiger partial charge in [0.1, 0.15) is 5.69 Å². The van der Waals surface area contributed by atoms with E-state index in [1.807, 2.05) is 13.8 Å². The highest BCUT2D eigenvalue weighted by molar-refractivity contribution is 5.39. The van der Waals surface area contributed by atoms with E-state index in [0.717, 1.165) is 30.7 Å².